The monoisotopic (exact) mass is 536 g/mol. The number of amides is 3. The number of imide groups is 1. The highest BCUT2D eigenvalue weighted by molar-refractivity contribution is 8.18. The number of rotatable bonds is 9. The van der Waals surface area contributed by atoms with Gasteiger partial charge in [0.15, 0.2) is 11.5 Å². The molecule has 1 aliphatic rings. The van der Waals surface area contributed by atoms with Crippen molar-refractivity contribution in [1.29, 1.82) is 0 Å². The van der Waals surface area contributed by atoms with Crippen LogP contribution in [0.25, 0.3) is 6.08 Å². The quantitative estimate of drug-likeness (QED) is 0.323. The highest BCUT2D eigenvalue weighted by Crippen LogP contribution is 2.35. The van der Waals surface area contributed by atoms with E-state index in [1.54, 1.807) is 42.5 Å². The van der Waals surface area contributed by atoms with Gasteiger partial charge in [0.1, 0.15) is 13.2 Å². The predicted molar refractivity (Wildman–Crippen MR) is 146 cm³/mol. The third-order valence-electron chi connectivity index (χ3n) is 5.43. The molecular weight excluding hydrogens is 512 g/mol. The Morgan fingerprint density at radius 2 is 1.81 bits per heavy atom. The fraction of sp³-hybridized carbons (Fsp3) is 0.179. The van der Waals surface area contributed by atoms with Crippen molar-refractivity contribution in [2.75, 3.05) is 18.5 Å². The maximum atomic E-state index is 12.9. The molecule has 3 amide bonds. The second-order valence-corrected chi connectivity index (χ2v) is 9.59. The molecule has 0 spiro atoms. The van der Waals surface area contributed by atoms with Gasteiger partial charge in [0.2, 0.25) is 5.91 Å². The molecule has 190 valence electrons. The average Bonchev–Trinajstić information content (AvgIpc) is 3.14. The van der Waals surface area contributed by atoms with Crippen LogP contribution in [-0.4, -0.2) is 35.1 Å². The number of ether oxygens (including phenoxy) is 2. The lowest BCUT2D eigenvalue weighted by Gasteiger charge is -2.13. The van der Waals surface area contributed by atoms with Gasteiger partial charge in [-0.05, 0) is 72.6 Å². The van der Waals surface area contributed by atoms with Gasteiger partial charge in [-0.2, -0.15) is 0 Å². The highest BCUT2D eigenvalue weighted by Gasteiger charge is 2.36. The molecule has 37 heavy (non-hydrogen) atoms. The molecule has 4 rings (SSSR count). The molecule has 1 saturated heterocycles. The fourth-order valence-electron chi connectivity index (χ4n) is 3.54. The molecule has 0 aromatic heterocycles. The molecule has 3 aromatic rings. The van der Waals surface area contributed by atoms with Crippen LogP contribution in [0.2, 0.25) is 5.02 Å². The average molecular weight is 537 g/mol. The number of nitrogens with one attached hydrogen (secondary N) is 1. The number of aryl methyl sites for hydroxylation is 1. The van der Waals surface area contributed by atoms with Crippen LogP contribution in [0.5, 0.6) is 11.5 Å². The second-order valence-electron chi connectivity index (χ2n) is 8.19. The van der Waals surface area contributed by atoms with Crippen LogP contribution >= 0.6 is 23.4 Å². The van der Waals surface area contributed by atoms with Gasteiger partial charge >= 0.3 is 0 Å². The number of hydrogen-bond donors (Lipinski definition) is 1. The third kappa shape index (κ3) is 6.72. The number of benzene rings is 3. The van der Waals surface area contributed by atoms with Crippen molar-refractivity contribution in [3.63, 3.8) is 0 Å². The van der Waals surface area contributed by atoms with E-state index in [1.165, 1.54) is 0 Å². The molecular formula is C28H25ClN2O5S. The van der Waals surface area contributed by atoms with Crippen molar-refractivity contribution in [3.05, 3.63) is 93.3 Å². The van der Waals surface area contributed by atoms with Crippen molar-refractivity contribution in [2.45, 2.75) is 20.5 Å². The summed E-state index contributed by atoms with van der Waals surface area (Å²) in [6, 6.07) is 20.2. The third-order valence-corrected chi connectivity index (χ3v) is 6.75. The summed E-state index contributed by atoms with van der Waals surface area (Å²) in [5, 5.41) is 2.66. The topological polar surface area (TPSA) is 84.9 Å². The molecule has 0 saturated carbocycles. The predicted octanol–water partition coefficient (Wildman–Crippen LogP) is 6.30. The number of halogens is 1. The molecule has 1 heterocycles. The Labute approximate surface area is 224 Å². The minimum absolute atomic E-state index is 0.219. The van der Waals surface area contributed by atoms with Gasteiger partial charge in [-0.15, -0.1) is 0 Å². The molecule has 0 radical (unpaired) electrons. The van der Waals surface area contributed by atoms with Crippen LogP contribution in [0.4, 0.5) is 10.5 Å². The Balaban J connectivity index is 1.44. The zero-order valence-electron chi connectivity index (χ0n) is 20.3. The molecule has 0 atom stereocenters. The maximum Gasteiger partial charge on any atom is 0.294 e. The van der Waals surface area contributed by atoms with Crippen molar-refractivity contribution < 1.29 is 23.9 Å². The van der Waals surface area contributed by atoms with E-state index >= 15 is 0 Å². The highest BCUT2D eigenvalue weighted by atomic mass is 35.5. The smallest absolute Gasteiger partial charge is 0.294 e. The van der Waals surface area contributed by atoms with E-state index in [0.29, 0.717) is 41.0 Å². The second kappa shape index (κ2) is 12.0. The first-order chi connectivity index (χ1) is 17.8. The van der Waals surface area contributed by atoms with Crippen LogP contribution in [0, 0.1) is 6.92 Å². The molecule has 7 nitrogen and oxygen atoms in total. The van der Waals surface area contributed by atoms with E-state index in [9.17, 15) is 14.4 Å². The van der Waals surface area contributed by atoms with E-state index in [1.807, 2.05) is 44.2 Å². The van der Waals surface area contributed by atoms with Crippen LogP contribution in [0.15, 0.2) is 71.6 Å². The lowest BCUT2D eigenvalue weighted by Crippen LogP contribution is -2.36. The first-order valence-corrected chi connectivity index (χ1v) is 12.8. The first kappa shape index (κ1) is 26.3. The Morgan fingerprint density at radius 1 is 1.03 bits per heavy atom. The molecule has 9 heteroatoms. The van der Waals surface area contributed by atoms with Crippen LogP contribution < -0.4 is 14.8 Å². The fourth-order valence-corrected chi connectivity index (χ4v) is 4.56. The van der Waals surface area contributed by atoms with Crippen LogP contribution in [-0.2, 0) is 16.2 Å². The molecule has 1 N–H and O–H groups in total. The Kier molecular flexibility index (Phi) is 8.53. The number of nitrogens with zero attached hydrogens (tertiary/aromatic N) is 1. The Hall–Kier alpha value is -3.75. The molecule has 3 aromatic carbocycles. The number of thioether (sulfide) groups is 1. The minimum atomic E-state index is -0.533. The lowest BCUT2D eigenvalue weighted by atomic mass is 10.1. The first-order valence-electron chi connectivity index (χ1n) is 11.6. The molecule has 0 unspecified atom stereocenters. The van der Waals surface area contributed by atoms with Crippen LogP contribution in [0.1, 0.15) is 23.6 Å². The number of carbonyl (C=O) groups is 3. The van der Waals surface area contributed by atoms with Gasteiger partial charge in [-0.25, -0.2) is 0 Å². The molecule has 1 fully saturated rings. The summed E-state index contributed by atoms with van der Waals surface area (Å²) in [5.74, 6) is 0.0721. The number of hydrogen-bond acceptors (Lipinski definition) is 6. The van der Waals surface area contributed by atoms with Crippen molar-refractivity contribution in [1.82, 2.24) is 4.90 Å². The van der Waals surface area contributed by atoms with Crippen molar-refractivity contribution >= 4 is 52.2 Å². The largest absolute Gasteiger partial charge is 0.490 e. The zero-order chi connectivity index (χ0) is 26.4. The molecule has 0 bridgehead atoms. The number of anilines is 1. The van der Waals surface area contributed by atoms with Crippen molar-refractivity contribution in [3.8, 4) is 11.5 Å². The summed E-state index contributed by atoms with van der Waals surface area (Å²) in [7, 11) is 0. The van der Waals surface area contributed by atoms with Gasteiger partial charge in [0.25, 0.3) is 11.1 Å². The van der Waals surface area contributed by atoms with Gasteiger partial charge in [0, 0.05) is 10.7 Å². The van der Waals surface area contributed by atoms with Gasteiger partial charge in [-0.3, -0.25) is 19.3 Å². The van der Waals surface area contributed by atoms with E-state index < -0.39 is 23.6 Å². The van der Waals surface area contributed by atoms with E-state index in [4.69, 9.17) is 21.1 Å². The summed E-state index contributed by atoms with van der Waals surface area (Å²) in [6.45, 7) is 4.14. The van der Waals surface area contributed by atoms with Gasteiger partial charge in [-0.1, -0.05) is 54.1 Å². The van der Waals surface area contributed by atoms with Gasteiger partial charge in [0.05, 0.1) is 11.5 Å². The summed E-state index contributed by atoms with van der Waals surface area (Å²) < 4.78 is 11.7. The molecule has 0 aliphatic carbocycles. The van der Waals surface area contributed by atoms with Gasteiger partial charge < -0.3 is 14.8 Å². The van der Waals surface area contributed by atoms with E-state index in [0.717, 1.165) is 27.8 Å². The SMILES string of the molecule is CCOc1cc(/C=C2/SC(=O)N(CC(=O)Nc3ccc(C)c(Cl)c3)C2=O)ccc1OCc1ccccc1. The maximum absolute atomic E-state index is 12.9. The molecule has 1 aliphatic heterocycles. The van der Waals surface area contributed by atoms with Crippen LogP contribution in [0.3, 0.4) is 0 Å². The normalized spacial score (nSPS) is 14.2. The van der Waals surface area contributed by atoms with Crippen molar-refractivity contribution in [2.24, 2.45) is 0 Å². The Bertz CT molecular complexity index is 1360. The number of carbonyl (C=O) groups excluding carboxylic acids is 3. The lowest BCUT2D eigenvalue weighted by molar-refractivity contribution is -0.127. The summed E-state index contributed by atoms with van der Waals surface area (Å²) in [5.41, 5.74) is 3.05. The zero-order valence-corrected chi connectivity index (χ0v) is 21.9. The minimum Gasteiger partial charge on any atom is -0.490 e. The summed E-state index contributed by atoms with van der Waals surface area (Å²) in [6.07, 6.45) is 1.60. The van der Waals surface area contributed by atoms with E-state index in [-0.39, 0.29) is 4.91 Å². The standard InChI is InChI=1S/C28H25ClN2O5S/c1-3-35-24-13-20(10-12-23(24)36-17-19-7-5-4-6-8-19)14-25-27(33)31(28(34)37-25)16-26(32)30-21-11-9-18(2)22(29)15-21/h4-15H,3,16-17H2,1-2H3,(H,30,32)/b25-14+. The Morgan fingerprint density at radius 3 is 2.54 bits per heavy atom. The summed E-state index contributed by atoms with van der Waals surface area (Å²) in [4.78, 5) is 39.0. The van der Waals surface area contributed by atoms with E-state index in [2.05, 4.69) is 5.32 Å². The summed E-state index contributed by atoms with van der Waals surface area (Å²) >= 11 is 6.88.